The van der Waals surface area contributed by atoms with Crippen LogP contribution < -0.4 is 10.5 Å². The number of benzene rings is 1. The molecule has 0 aliphatic carbocycles. The molecule has 2 N–H and O–H groups in total. The van der Waals surface area contributed by atoms with Crippen LogP contribution in [0.5, 0.6) is 5.75 Å². The molecule has 17 heavy (non-hydrogen) atoms. The molecule has 3 nitrogen and oxygen atoms in total. The van der Waals surface area contributed by atoms with Gasteiger partial charge in [-0.05, 0) is 26.8 Å². The van der Waals surface area contributed by atoms with Gasteiger partial charge in [0.25, 0.3) is 0 Å². The first-order valence-electron chi connectivity index (χ1n) is 6.04. The van der Waals surface area contributed by atoms with Crippen molar-refractivity contribution in [2.45, 2.75) is 44.9 Å². The quantitative estimate of drug-likeness (QED) is 0.856. The van der Waals surface area contributed by atoms with Crippen molar-refractivity contribution in [3.63, 3.8) is 0 Å². The molecule has 0 bridgehead atoms. The Kier molecular flexibility index (Phi) is 3.15. The summed E-state index contributed by atoms with van der Waals surface area (Å²) in [6, 6.07) is 6.18. The molecule has 2 rings (SSSR count). The van der Waals surface area contributed by atoms with Crippen LogP contribution in [0.25, 0.3) is 0 Å². The second-order valence-electron chi connectivity index (χ2n) is 5.14. The normalized spacial score (nSPS) is 29.4. The molecular formula is C14H21NO2. The van der Waals surface area contributed by atoms with E-state index in [0.717, 1.165) is 17.7 Å². The number of rotatable bonds is 2. The summed E-state index contributed by atoms with van der Waals surface area (Å²) < 4.78 is 11.5. The van der Waals surface area contributed by atoms with Crippen molar-refractivity contribution in [3.05, 3.63) is 29.3 Å². The Hall–Kier alpha value is -1.06. The van der Waals surface area contributed by atoms with Gasteiger partial charge in [0, 0.05) is 25.1 Å². The lowest BCUT2D eigenvalue weighted by Gasteiger charge is -2.42. The Balaban J connectivity index is 2.36. The molecule has 0 saturated heterocycles. The predicted octanol–water partition coefficient (Wildman–Crippen LogP) is 2.57. The van der Waals surface area contributed by atoms with E-state index >= 15 is 0 Å². The standard InChI is InChI=1S/C14H21NO2/c1-9-5-6-13-11(7-9)12(15)8-14(3,17-13)10(2)16-4/h5-7,10,12H,8,15H2,1-4H3/t10?,12-,14?/m0/s1. The van der Waals surface area contributed by atoms with E-state index in [2.05, 4.69) is 26.0 Å². The summed E-state index contributed by atoms with van der Waals surface area (Å²) in [5.41, 5.74) is 8.21. The lowest BCUT2D eigenvalue weighted by molar-refractivity contribution is -0.0707. The zero-order chi connectivity index (χ0) is 12.6. The molecule has 1 aliphatic heterocycles. The lowest BCUT2D eigenvalue weighted by atomic mass is 9.85. The van der Waals surface area contributed by atoms with Gasteiger partial charge in [0.15, 0.2) is 0 Å². The van der Waals surface area contributed by atoms with Crippen LogP contribution in [0, 0.1) is 6.92 Å². The van der Waals surface area contributed by atoms with Gasteiger partial charge in [0.05, 0.1) is 6.10 Å². The Morgan fingerprint density at radius 3 is 2.88 bits per heavy atom. The van der Waals surface area contributed by atoms with Crippen LogP contribution in [0.15, 0.2) is 18.2 Å². The van der Waals surface area contributed by atoms with Gasteiger partial charge in [-0.15, -0.1) is 0 Å². The first-order chi connectivity index (χ1) is 7.96. The number of fused-ring (bicyclic) bond motifs is 1. The van der Waals surface area contributed by atoms with Crippen molar-refractivity contribution in [2.75, 3.05) is 7.11 Å². The monoisotopic (exact) mass is 235 g/mol. The molecule has 3 heteroatoms. The van der Waals surface area contributed by atoms with Crippen molar-refractivity contribution < 1.29 is 9.47 Å². The van der Waals surface area contributed by atoms with Crippen LogP contribution in [0.2, 0.25) is 0 Å². The molecule has 1 heterocycles. The molecule has 0 aromatic heterocycles. The third-order valence-corrected chi connectivity index (χ3v) is 3.75. The van der Waals surface area contributed by atoms with Crippen LogP contribution in [0.3, 0.4) is 0 Å². The largest absolute Gasteiger partial charge is 0.484 e. The highest BCUT2D eigenvalue weighted by Gasteiger charge is 2.40. The van der Waals surface area contributed by atoms with Crippen molar-refractivity contribution in [1.29, 1.82) is 0 Å². The maximum absolute atomic E-state index is 6.25. The second kappa shape index (κ2) is 4.31. The van der Waals surface area contributed by atoms with E-state index < -0.39 is 0 Å². The molecule has 1 aliphatic rings. The van der Waals surface area contributed by atoms with Gasteiger partial charge >= 0.3 is 0 Å². The Labute approximate surface area is 103 Å². The minimum atomic E-state index is -0.351. The summed E-state index contributed by atoms with van der Waals surface area (Å²) in [5.74, 6) is 0.890. The maximum Gasteiger partial charge on any atom is 0.134 e. The fraction of sp³-hybridized carbons (Fsp3) is 0.571. The van der Waals surface area contributed by atoms with Crippen molar-refractivity contribution >= 4 is 0 Å². The van der Waals surface area contributed by atoms with Crippen LogP contribution in [-0.4, -0.2) is 18.8 Å². The molecule has 1 aromatic rings. The fourth-order valence-corrected chi connectivity index (χ4v) is 2.39. The fourth-order valence-electron chi connectivity index (χ4n) is 2.39. The summed E-state index contributed by atoms with van der Waals surface area (Å²) >= 11 is 0. The second-order valence-corrected chi connectivity index (χ2v) is 5.14. The number of ether oxygens (including phenoxy) is 2. The Morgan fingerprint density at radius 1 is 1.53 bits per heavy atom. The van der Waals surface area contributed by atoms with Crippen LogP contribution in [-0.2, 0) is 4.74 Å². The predicted molar refractivity (Wildman–Crippen MR) is 68.2 cm³/mol. The molecule has 0 amide bonds. The topological polar surface area (TPSA) is 44.5 Å². The van der Waals surface area contributed by atoms with E-state index in [1.54, 1.807) is 7.11 Å². The smallest absolute Gasteiger partial charge is 0.134 e. The average Bonchev–Trinajstić information content (AvgIpc) is 2.29. The summed E-state index contributed by atoms with van der Waals surface area (Å²) in [6.07, 6.45) is 0.793. The number of aryl methyl sites for hydroxylation is 1. The van der Waals surface area contributed by atoms with Gasteiger partial charge in [0.1, 0.15) is 11.4 Å². The SMILES string of the molecule is COC(C)C1(C)C[C@H](N)c2cc(C)ccc2O1. The summed E-state index contributed by atoms with van der Waals surface area (Å²) in [7, 11) is 1.70. The summed E-state index contributed by atoms with van der Waals surface area (Å²) in [6.45, 7) is 6.15. The van der Waals surface area contributed by atoms with Gasteiger partial charge in [-0.1, -0.05) is 17.7 Å². The van der Waals surface area contributed by atoms with Crippen molar-refractivity contribution in [1.82, 2.24) is 0 Å². The molecule has 0 saturated carbocycles. The zero-order valence-corrected chi connectivity index (χ0v) is 11.0. The molecule has 94 valence electrons. The molecule has 2 unspecified atom stereocenters. The molecule has 0 fully saturated rings. The highest BCUT2D eigenvalue weighted by molar-refractivity contribution is 5.41. The summed E-state index contributed by atoms with van der Waals surface area (Å²) in [5, 5.41) is 0. The highest BCUT2D eigenvalue weighted by Crippen LogP contribution is 2.40. The minimum absolute atomic E-state index is 0.0150. The Morgan fingerprint density at radius 2 is 2.24 bits per heavy atom. The van der Waals surface area contributed by atoms with Gasteiger partial charge in [-0.25, -0.2) is 0 Å². The van der Waals surface area contributed by atoms with Crippen LogP contribution >= 0.6 is 0 Å². The third kappa shape index (κ3) is 2.17. The number of hydrogen-bond donors (Lipinski definition) is 1. The van der Waals surface area contributed by atoms with Crippen LogP contribution in [0.1, 0.15) is 37.4 Å². The number of hydrogen-bond acceptors (Lipinski definition) is 3. The molecule has 3 atom stereocenters. The number of nitrogens with two attached hydrogens (primary N) is 1. The van der Waals surface area contributed by atoms with E-state index in [-0.39, 0.29) is 17.7 Å². The Bertz CT molecular complexity index is 419. The van der Waals surface area contributed by atoms with Gasteiger partial charge in [-0.2, -0.15) is 0 Å². The summed E-state index contributed by atoms with van der Waals surface area (Å²) in [4.78, 5) is 0. The molecular weight excluding hydrogens is 214 g/mol. The maximum atomic E-state index is 6.25. The van der Waals surface area contributed by atoms with Gasteiger partial charge in [0.2, 0.25) is 0 Å². The third-order valence-electron chi connectivity index (χ3n) is 3.75. The first kappa shape index (κ1) is 12.4. The molecule has 0 radical (unpaired) electrons. The van der Waals surface area contributed by atoms with Gasteiger partial charge < -0.3 is 15.2 Å². The highest BCUT2D eigenvalue weighted by atomic mass is 16.5. The van der Waals surface area contributed by atoms with Crippen LogP contribution in [0.4, 0.5) is 0 Å². The first-order valence-corrected chi connectivity index (χ1v) is 6.04. The van der Waals surface area contributed by atoms with E-state index in [1.165, 1.54) is 5.56 Å². The lowest BCUT2D eigenvalue weighted by Crippen LogP contribution is -2.49. The van der Waals surface area contributed by atoms with E-state index in [0.29, 0.717) is 0 Å². The number of methoxy groups -OCH3 is 1. The average molecular weight is 235 g/mol. The molecule has 0 spiro atoms. The van der Waals surface area contributed by atoms with E-state index in [9.17, 15) is 0 Å². The molecule has 1 aromatic carbocycles. The van der Waals surface area contributed by atoms with E-state index in [1.807, 2.05) is 13.0 Å². The minimum Gasteiger partial charge on any atom is -0.484 e. The van der Waals surface area contributed by atoms with Gasteiger partial charge in [-0.3, -0.25) is 0 Å². The van der Waals surface area contributed by atoms with E-state index in [4.69, 9.17) is 15.2 Å². The van der Waals surface area contributed by atoms with Crippen molar-refractivity contribution in [2.24, 2.45) is 5.73 Å². The van der Waals surface area contributed by atoms with Crippen molar-refractivity contribution in [3.8, 4) is 5.75 Å². The zero-order valence-electron chi connectivity index (χ0n) is 11.0.